The fourth-order valence-corrected chi connectivity index (χ4v) is 1.82. The maximum absolute atomic E-state index is 11.3. The van der Waals surface area contributed by atoms with Gasteiger partial charge in [0.05, 0.1) is 12.7 Å². The Morgan fingerprint density at radius 3 is 3.06 bits per heavy atom. The zero-order valence-corrected chi connectivity index (χ0v) is 10.9. The lowest BCUT2D eigenvalue weighted by Gasteiger charge is -2.10. The van der Waals surface area contributed by atoms with Gasteiger partial charge in [-0.25, -0.2) is 0 Å². The van der Waals surface area contributed by atoms with Gasteiger partial charge in [-0.15, -0.1) is 0 Å². The highest BCUT2D eigenvalue weighted by atomic mass is 16.5. The minimum atomic E-state index is 0.158. The van der Waals surface area contributed by atoms with Gasteiger partial charge in [0.2, 0.25) is 5.91 Å². The van der Waals surface area contributed by atoms with E-state index >= 15 is 0 Å². The molecular formula is C13H25NO3. The summed E-state index contributed by atoms with van der Waals surface area (Å²) in [6.07, 6.45) is 6.14. The third kappa shape index (κ3) is 7.34. The number of ether oxygens (including phenoxy) is 2. The molecule has 1 unspecified atom stereocenters. The molecule has 1 aliphatic heterocycles. The molecule has 4 nitrogen and oxygen atoms in total. The van der Waals surface area contributed by atoms with E-state index in [9.17, 15) is 4.79 Å². The van der Waals surface area contributed by atoms with Crippen molar-refractivity contribution in [3.05, 3.63) is 0 Å². The molecule has 1 saturated heterocycles. The van der Waals surface area contributed by atoms with Crippen LogP contribution in [0, 0.1) is 0 Å². The van der Waals surface area contributed by atoms with Crippen LogP contribution in [-0.2, 0) is 14.3 Å². The van der Waals surface area contributed by atoms with Crippen molar-refractivity contribution < 1.29 is 14.3 Å². The quantitative estimate of drug-likeness (QED) is 0.629. The number of unbranched alkanes of at least 4 members (excludes halogenated alkanes) is 1. The molecule has 1 rings (SSSR count). The third-order valence-electron chi connectivity index (χ3n) is 2.87. The second-order valence-corrected chi connectivity index (χ2v) is 4.52. The van der Waals surface area contributed by atoms with E-state index in [0.717, 1.165) is 38.7 Å². The number of rotatable bonds is 9. The van der Waals surface area contributed by atoms with Crippen LogP contribution in [0.2, 0.25) is 0 Å². The summed E-state index contributed by atoms with van der Waals surface area (Å²) >= 11 is 0. The van der Waals surface area contributed by atoms with Crippen molar-refractivity contribution in [2.75, 3.05) is 26.4 Å². The molecule has 0 aromatic rings. The van der Waals surface area contributed by atoms with Crippen LogP contribution in [0.4, 0.5) is 0 Å². The molecule has 1 fully saturated rings. The Balaban J connectivity index is 1.82. The van der Waals surface area contributed by atoms with Crippen LogP contribution < -0.4 is 5.32 Å². The molecule has 0 saturated carbocycles. The van der Waals surface area contributed by atoms with Crippen molar-refractivity contribution in [3.63, 3.8) is 0 Å². The van der Waals surface area contributed by atoms with Crippen molar-refractivity contribution in [3.8, 4) is 0 Å². The summed E-state index contributed by atoms with van der Waals surface area (Å²) in [4.78, 5) is 11.3. The molecule has 4 heteroatoms. The molecule has 1 atom stereocenters. The van der Waals surface area contributed by atoms with Gasteiger partial charge in [-0.2, -0.15) is 0 Å². The molecule has 0 spiro atoms. The molecule has 1 aliphatic rings. The number of amides is 1. The summed E-state index contributed by atoms with van der Waals surface area (Å²) in [6, 6.07) is 0. The van der Waals surface area contributed by atoms with E-state index in [2.05, 4.69) is 12.2 Å². The van der Waals surface area contributed by atoms with Crippen molar-refractivity contribution in [2.24, 2.45) is 0 Å². The SMILES string of the molecule is CCCCC(=O)NCCCOCC1CCCO1. The van der Waals surface area contributed by atoms with Crippen molar-refractivity contribution in [1.82, 2.24) is 5.32 Å². The average molecular weight is 243 g/mol. The highest BCUT2D eigenvalue weighted by Gasteiger charge is 2.14. The Labute approximate surface area is 104 Å². The maximum atomic E-state index is 11.3. The van der Waals surface area contributed by atoms with Gasteiger partial charge < -0.3 is 14.8 Å². The minimum absolute atomic E-state index is 0.158. The summed E-state index contributed by atoms with van der Waals surface area (Å²) in [6.45, 7) is 5.08. The largest absolute Gasteiger partial charge is 0.379 e. The Morgan fingerprint density at radius 1 is 1.47 bits per heavy atom. The standard InChI is InChI=1S/C13H25NO3/c1-2-3-7-13(15)14-8-5-9-16-11-12-6-4-10-17-12/h12H,2-11H2,1H3,(H,14,15). The highest BCUT2D eigenvalue weighted by molar-refractivity contribution is 5.75. The first kappa shape index (κ1) is 14.5. The average Bonchev–Trinajstić information content (AvgIpc) is 2.84. The summed E-state index contributed by atoms with van der Waals surface area (Å²) in [5, 5.41) is 2.90. The van der Waals surface area contributed by atoms with Crippen LogP contribution in [0.25, 0.3) is 0 Å². The van der Waals surface area contributed by atoms with E-state index in [-0.39, 0.29) is 5.91 Å². The van der Waals surface area contributed by atoms with Crippen LogP contribution in [0.5, 0.6) is 0 Å². The number of carbonyl (C=O) groups is 1. The van der Waals surface area contributed by atoms with Gasteiger partial charge in [-0.05, 0) is 25.7 Å². The Hall–Kier alpha value is -0.610. The number of hydrogen-bond donors (Lipinski definition) is 1. The monoisotopic (exact) mass is 243 g/mol. The Kier molecular flexibility index (Phi) is 8.01. The number of nitrogens with one attached hydrogen (secondary N) is 1. The summed E-state index contributed by atoms with van der Waals surface area (Å²) in [5.74, 6) is 0.158. The number of carbonyl (C=O) groups excluding carboxylic acids is 1. The van der Waals surface area contributed by atoms with Gasteiger partial charge in [0, 0.05) is 26.2 Å². The maximum Gasteiger partial charge on any atom is 0.219 e. The highest BCUT2D eigenvalue weighted by Crippen LogP contribution is 2.11. The first-order valence-corrected chi connectivity index (χ1v) is 6.79. The zero-order chi connectivity index (χ0) is 12.3. The molecule has 17 heavy (non-hydrogen) atoms. The summed E-state index contributed by atoms with van der Waals surface area (Å²) in [7, 11) is 0. The predicted octanol–water partition coefficient (Wildman–Crippen LogP) is 1.88. The summed E-state index contributed by atoms with van der Waals surface area (Å²) < 4.78 is 11.0. The molecule has 1 amide bonds. The molecule has 0 aromatic heterocycles. The molecule has 100 valence electrons. The normalized spacial score (nSPS) is 19.5. The minimum Gasteiger partial charge on any atom is -0.379 e. The van der Waals surface area contributed by atoms with E-state index in [1.807, 2.05) is 0 Å². The molecule has 0 aromatic carbocycles. The molecule has 0 radical (unpaired) electrons. The lowest BCUT2D eigenvalue weighted by Crippen LogP contribution is -2.25. The van der Waals surface area contributed by atoms with Crippen LogP contribution >= 0.6 is 0 Å². The van der Waals surface area contributed by atoms with Gasteiger partial charge in [-0.3, -0.25) is 4.79 Å². The van der Waals surface area contributed by atoms with Crippen LogP contribution in [-0.4, -0.2) is 38.4 Å². The second-order valence-electron chi connectivity index (χ2n) is 4.52. The fraction of sp³-hybridized carbons (Fsp3) is 0.923. The van der Waals surface area contributed by atoms with E-state index in [1.165, 1.54) is 0 Å². The fourth-order valence-electron chi connectivity index (χ4n) is 1.82. The molecule has 1 N–H and O–H groups in total. The topological polar surface area (TPSA) is 47.6 Å². The third-order valence-corrected chi connectivity index (χ3v) is 2.87. The van der Waals surface area contributed by atoms with E-state index < -0.39 is 0 Å². The first-order valence-electron chi connectivity index (χ1n) is 6.79. The van der Waals surface area contributed by atoms with Crippen LogP contribution in [0.15, 0.2) is 0 Å². The number of hydrogen-bond acceptors (Lipinski definition) is 3. The van der Waals surface area contributed by atoms with Gasteiger partial charge in [-0.1, -0.05) is 13.3 Å². The van der Waals surface area contributed by atoms with Crippen LogP contribution in [0.1, 0.15) is 45.4 Å². The lowest BCUT2D eigenvalue weighted by atomic mass is 10.2. The van der Waals surface area contributed by atoms with Crippen LogP contribution in [0.3, 0.4) is 0 Å². The molecule has 0 aliphatic carbocycles. The molecule has 0 bridgehead atoms. The Morgan fingerprint density at radius 2 is 2.35 bits per heavy atom. The van der Waals surface area contributed by atoms with Crippen molar-refractivity contribution in [2.45, 2.75) is 51.6 Å². The Bertz CT molecular complexity index is 203. The smallest absolute Gasteiger partial charge is 0.219 e. The van der Waals surface area contributed by atoms with E-state index in [4.69, 9.17) is 9.47 Å². The molecule has 1 heterocycles. The van der Waals surface area contributed by atoms with Gasteiger partial charge in [0.25, 0.3) is 0 Å². The second kappa shape index (κ2) is 9.42. The summed E-state index contributed by atoms with van der Waals surface area (Å²) in [5.41, 5.74) is 0. The van der Waals surface area contributed by atoms with E-state index in [1.54, 1.807) is 0 Å². The van der Waals surface area contributed by atoms with E-state index in [0.29, 0.717) is 32.3 Å². The first-order chi connectivity index (χ1) is 8.33. The predicted molar refractivity (Wildman–Crippen MR) is 66.9 cm³/mol. The van der Waals surface area contributed by atoms with Gasteiger partial charge in [0.1, 0.15) is 0 Å². The molecular weight excluding hydrogens is 218 g/mol. The lowest BCUT2D eigenvalue weighted by molar-refractivity contribution is -0.121. The van der Waals surface area contributed by atoms with Crippen molar-refractivity contribution in [1.29, 1.82) is 0 Å². The zero-order valence-electron chi connectivity index (χ0n) is 10.9. The van der Waals surface area contributed by atoms with Crippen molar-refractivity contribution >= 4 is 5.91 Å². The van der Waals surface area contributed by atoms with Gasteiger partial charge >= 0.3 is 0 Å². The van der Waals surface area contributed by atoms with Gasteiger partial charge in [0.15, 0.2) is 0 Å².